The number of esters is 1. The number of amides is 3. The largest absolute Gasteiger partial charge is 0.460 e. The lowest BCUT2D eigenvalue weighted by molar-refractivity contribution is -0.157. The Labute approximate surface area is 260 Å². The highest BCUT2D eigenvalue weighted by atomic mass is 16.5. The third kappa shape index (κ3) is 8.78. The van der Waals surface area contributed by atoms with Gasteiger partial charge in [-0.25, -0.2) is 4.79 Å². The number of nitrogens with one attached hydrogen (secondary N) is 3. The van der Waals surface area contributed by atoms with Crippen molar-refractivity contribution in [2.24, 2.45) is 5.92 Å². The maximum absolute atomic E-state index is 14.0. The van der Waals surface area contributed by atoms with Crippen molar-refractivity contribution in [2.45, 2.75) is 83.0 Å². The Morgan fingerprint density at radius 2 is 1.34 bits per heavy atom. The molecule has 4 rings (SSSR count). The van der Waals surface area contributed by atoms with Crippen LogP contribution in [0, 0.1) is 5.92 Å². The maximum atomic E-state index is 14.0. The van der Waals surface area contributed by atoms with E-state index in [4.69, 9.17) is 4.74 Å². The van der Waals surface area contributed by atoms with Crippen LogP contribution in [0.15, 0.2) is 91.0 Å². The van der Waals surface area contributed by atoms with E-state index in [1.165, 1.54) is 0 Å². The first-order valence-corrected chi connectivity index (χ1v) is 15.5. The monoisotopic (exact) mass is 597 g/mol. The molecule has 1 fully saturated rings. The highest BCUT2D eigenvalue weighted by Crippen LogP contribution is 2.29. The van der Waals surface area contributed by atoms with Gasteiger partial charge in [0.1, 0.15) is 24.2 Å². The fourth-order valence-corrected chi connectivity index (χ4v) is 5.62. The Bertz CT molecular complexity index is 1340. The third-order valence-corrected chi connectivity index (χ3v) is 8.19. The molecule has 1 saturated heterocycles. The van der Waals surface area contributed by atoms with Crippen molar-refractivity contribution < 1.29 is 23.9 Å². The molecule has 3 N–H and O–H groups in total. The molecule has 1 aliphatic rings. The van der Waals surface area contributed by atoms with E-state index in [-0.39, 0.29) is 18.8 Å². The van der Waals surface area contributed by atoms with Crippen LogP contribution in [0.4, 0.5) is 0 Å². The van der Waals surface area contributed by atoms with Gasteiger partial charge in [-0.15, -0.1) is 0 Å². The van der Waals surface area contributed by atoms with Gasteiger partial charge in [0, 0.05) is 12.3 Å². The molecule has 3 aromatic rings. The normalized spacial score (nSPS) is 22.4. The van der Waals surface area contributed by atoms with Crippen LogP contribution in [-0.4, -0.2) is 47.9 Å². The smallest absolute Gasteiger partial charge is 0.329 e. The van der Waals surface area contributed by atoms with E-state index in [0.29, 0.717) is 0 Å². The van der Waals surface area contributed by atoms with E-state index < -0.39 is 53.8 Å². The van der Waals surface area contributed by atoms with Gasteiger partial charge >= 0.3 is 5.97 Å². The average Bonchev–Trinajstić information content (AvgIpc) is 3.04. The minimum Gasteiger partial charge on any atom is -0.460 e. The molecular weight excluding hydrogens is 554 g/mol. The fourth-order valence-electron chi connectivity index (χ4n) is 5.62. The molecule has 8 heteroatoms. The van der Waals surface area contributed by atoms with Crippen LogP contribution in [0.3, 0.4) is 0 Å². The highest BCUT2D eigenvalue weighted by Gasteiger charge is 2.37. The molecule has 0 aromatic heterocycles. The van der Waals surface area contributed by atoms with E-state index in [9.17, 15) is 19.2 Å². The number of hydrogen-bond acceptors (Lipinski definition) is 5. The summed E-state index contributed by atoms with van der Waals surface area (Å²) in [7, 11) is 0. The highest BCUT2D eigenvalue weighted by molar-refractivity contribution is 5.94. The average molecular weight is 598 g/mol. The summed E-state index contributed by atoms with van der Waals surface area (Å²) in [5.41, 5.74) is 2.52. The van der Waals surface area contributed by atoms with Crippen LogP contribution in [0.1, 0.15) is 69.1 Å². The van der Waals surface area contributed by atoms with Gasteiger partial charge in [0.05, 0.1) is 6.42 Å². The second-order valence-electron chi connectivity index (χ2n) is 11.6. The first-order valence-electron chi connectivity index (χ1n) is 15.5. The summed E-state index contributed by atoms with van der Waals surface area (Å²) in [4.78, 5) is 54.8. The van der Waals surface area contributed by atoms with E-state index in [2.05, 4.69) is 22.9 Å². The van der Waals surface area contributed by atoms with Crippen molar-refractivity contribution in [1.29, 1.82) is 0 Å². The van der Waals surface area contributed by atoms with Crippen LogP contribution in [0.5, 0.6) is 0 Å². The van der Waals surface area contributed by atoms with Crippen molar-refractivity contribution in [1.82, 2.24) is 16.0 Å². The second kappa shape index (κ2) is 15.8. The Morgan fingerprint density at radius 3 is 1.91 bits per heavy atom. The molecule has 0 saturated carbocycles. The standard InChI is InChI=1S/C36H43N3O5/c1-4-5-15-24(2)30-23-31(40)39-33(32(27-18-11-7-12-19-27)28-20-13-8-14-21-28)35(42)37-25(3)34(41)38-29(36(43)44-30)22-26-16-9-6-10-17-26/h6-14,16-21,24-25,29-30,32-33H,4-5,15,22-23H2,1-3H3,(H,37,42)(H,38,41)(H,39,40)/t24-,25+,29+,30-,33-/m0/s1. The molecule has 0 unspecified atom stereocenters. The number of benzene rings is 3. The van der Waals surface area contributed by atoms with Crippen LogP contribution in [0.25, 0.3) is 0 Å². The van der Waals surface area contributed by atoms with E-state index in [1.54, 1.807) is 6.92 Å². The second-order valence-corrected chi connectivity index (χ2v) is 11.6. The molecular formula is C36H43N3O5. The molecule has 0 spiro atoms. The Morgan fingerprint density at radius 1 is 0.773 bits per heavy atom. The summed E-state index contributed by atoms with van der Waals surface area (Å²) in [5.74, 6) is -2.69. The van der Waals surface area contributed by atoms with Gasteiger partial charge in [0.2, 0.25) is 17.7 Å². The molecule has 8 nitrogen and oxygen atoms in total. The molecule has 232 valence electrons. The van der Waals surface area contributed by atoms with E-state index in [0.717, 1.165) is 36.0 Å². The van der Waals surface area contributed by atoms with Gasteiger partial charge in [-0.1, -0.05) is 118 Å². The fraction of sp³-hybridized carbons (Fsp3) is 0.389. The molecule has 3 aromatic carbocycles. The first-order chi connectivity index (χ1) is 21.3. The zero-order chi connectivity index (χ0) is 31.5. The summed E-state index contributed by atoms with van der Waals surface area (Å²) in [6, 6.07) is 25.3. The van der Waals surface area contributed by atoms with Gasteiger partial charge in [-0.3, -0.25) is 14.4 Å². The number of cyclic esters (lactones) is 1. The predicted molar refractivity (Wildman–Crippen MR) is 170 cm³/mol. The van der Waals surface area contributed by atoms with Crippen molar-refractivity contribution in [3.63, 3.8) is 0 Å². The van der Waals surface area contributed by atoms with Gasteiger partial charge in [-0.2, -0.15) is 0 Å². The maximum Gasteiger partial charge on any atom is 0.329 e. The molecule has 0 aliphatic carbocycles. The number of carbonyl (C=O) groups excluding carboxylic acids is 4. The lowest BCUT2D eigenvalue weighted by Crippen LogP contribution is -2.56. The summed E-state index contributed by atoms with van der Waals surface area (Å²) in [6.45, 7) is 5.61. The SMILES string of the molecule is CCCC[C@H](C)[C@@H]1CC(=O)N[C@@H](C(c2ccccc2)c2ccccc2)C(=O)N[C@H](C)C(=O)N[C@H](Cc2ccccc2)C(=O)O1. The lowest BCUT2D eigenvalue weighted by atomic mass is 9.84. The topological polar surface area (TPSA) is 114 Å². The number of unbranched alkanes of at least 4 members (excludes halogenated alkanes) is 1. The van der Waals surface area contributed by atoms with Crippen molar-refractivity contribution in [3.05, 3.63) is 108 Å². The van der Waals surface area contributed by atoms with Crippen LogP contribution < -0.4 is 16.0 Å². The number of hydrogen-bond donors (Lipinski definition) is 3. The summed E-state index contributed by atoms with van der Waals surface area (Å²) in [5, 5.41) is 8.58. The lowest BCUT2D eigenvalue weighted by Gasteiger charge is -2.30. The predicted octanol–water partition coefficient (Wildman–Crippen LogP) is 4.68. The number of ether oxygens (including phenoxy) is 1. The van der Waals surface area contributed by atoms with Gasteiger partial charge in [0.15, 0.2) is 0 Å². The van der Waals surface area contributed by atoms with E-state index in [1.807, 2.05) is 97.9 Å². The Kier molecular flexibility index (Phi) is 11.7. The molecule has 5 atom stereocenters. The Balaban J connectivity index is 1.73. The molecule has 44 heavy (non-hydrogen) atoms. The van der Waals surface area contributed by atoms with Crippen molar-refractivity contribution >= 4 is 23.7 Å². The molecule has 3 amide bonds. The van der Waals surface area contributed by atoms with Crippen molar-refractivity contribution in [3.8, 4) is 0 Å². The van der Waals surface area contributed by atoms with Crippen LogP contribution in [0.2, 0.25) is 0 Å². The van der Waals surface area contributed by atoms with Gasteiger partial charge in [-0.05, 0) is 36.0 Å². The molecule has 1 heterocycles. The molecule has 0 radical (unpaired) electrons. The summed E-state index contributed by atoms with van der Waals surface area (Å²) < 4.78 is 6.03. The van der Waals surface area contributed by atoms with Gasteiger partial charge < -0.3 is 20.7 Å². The zero-order valence-corrected chi connectivity index (χ0v) is 25.7. The number of carbonyl (C=O) groups is 4. The van der Waals surface area contributed by atoms with E-state index >= 15 is 0 Å². The van der Waals surface area contributed by atoms with Crippen LogP contribution >= 0.6 is 0 Å². The number of rotatable bonds is 9. The minimum absolute atomic E-state index is 0.113. The third-order valence-electron chi connectivity index (χ3n) is 8.19. The first kappa shape index (κ1) is 32.5. The molecule has 1 aliphatic heterocycles. The van der Waals surface area contributed by atoms with Crippen LogP contribution in [-0.2, 0) is 30.3 Å². The molecule has 0 bridgehead atoms. The zero-order valence-electron chi connectivity index (χ0n) is 25.7. The quantitative estimate of drug-likeness (QED) is 0.310. The van der Waals surface area contributed by atoms with Crippen molar-refractivity contribution in [2.75, 3.05) is 0 Å². The summed E-state index contributed by atoms with van der Waals surface area (Å²) >= 11 is 0. The summed E-state index contributed by atoms with van der Waals surface area (Å²) in [6.07, 6.45) is 1.99. The Hall–Kier alpha value is -4.46. The minimum atomic E-state index is -1.04. The van der Waals surface area contributed by atoms with Gasteiger partial charge in [0.25, 0.3) is 0 Å².